The van der Waals surface area contributed by atoms with Crippen molar-refractivity contribution in [2.24, 2.45) is 0 Å². The summed E-state index contributed by atoms with van der Waals surface area (Å²) >= 11 is 5.18. The number of carbonyl (C=O) groups excluding carboxylic acids is 1. The molecule has 0 unspecified atom stereocenters. The van der Waals surface area contributed by atoms with Gasteiger partial charge in [0.2, 0.25) is 0 Å². The van der Waals surface area contributed by atoms with Crippen molar-refractivity contribution in [1.29, 1.82) is 0 Å². The molecule has 1 aliphatic carbocycles. The molecule has 0 radical (unpaired) electrons. The van der Waals surface area contributed by atoms with Gasteiger partial charge in [-0.3, -0.25) is 5.32 Å². The summed E-state index contributed by atoms with van der Waals surface area (Å²) in [4.78, 5) is 20.7. The van der Waals surface area contributed by atoms with Crippen LogP contribution >= 0.6 is 27.3 Å². The smallest absolute Gasteiger partial charge is 0.320 e. The lowest BCUT2D eigenvalue weighted by Gasteiger charge is -2.08. The lowest BCUT2D eigenvalue weighted by Crippen LogP contribution is -2.28. The van der Waals surface area contributed by atoms with Gasteiger partial charge in [-0.1, -0.05) is 12.8 Å². The van der Waals surface area contributed by atoms with Gasteiger partial charge in [0.1, 0.15) is 10.8 Å². The predicted octanol–water partition coefficient (Wildman–Crippen LogP) is 4.77. The van der Waals surface area contributed by atoms with Crippen molar-refractivity contribution in [3.8, 4) is 10.6 Å². The van der Waals surface area contributed by atoms with Crippen LogP contribution in [0.15, 0.2) is 22.1 Å². The molecule has 0 aliphatic heterocycles. The van der Waals surface area contributed by atoms with Crippen LogP contribution in [0.4, 0.5) is 10.6 Å². The van der Waals surface area contributed by atoms with Gasteiger partial charge in [-0.25, -0.2) is 14.8 Å². The molecule has 0 saturated heterocycles. The number of thiazole rings is 1. The minimum Gasteiger partial charge on any atom is -0.338 e. The number of halogens is 1. The first-order chi connectivity index (χ1) is 11.2. The predicted molar refractivity (Wildman–Crippen MR) is 96.9 cm³/mol. The molecule has 0 atom stereocenters. The summed E-state index contributed by atoms with van der Waals surface area (Å²) in [7, 11) is 0. The highest BCUT2D eigenvalue weighted by Crippen LogP contribution is 2.38. The number of hydrogen-bond acceptors (Lipinski definition) is 4. The fourth-order valence-electron chi connectivity index (χ4n) is 2.81. The van der Waals surface area contributed by atoms with E-state index in [2.05, 4.69) is 36.9 Å². The molecular formula is C16H19BrN4OS. The second kappa shape index (κ2) is 7.40. The van der Waals surface area contributed by atoms with E-state index in [1.165, 1.54) is 31.4 Å². The van der Waals surface area contributed by atoms with Crippen LogP contribution < -0.4 is 10.6 Å². The largest absolute Gasteiger partial charge is 0.338 e. The van der Waals surface area contributed by atoms with E-state index in [9.17, 15) is 4.79 Å². The van der Waals surface area contributed by atoms with Crippen molar-refractivity contribution in [1.82, 2.24) is 15.3 Å². The maximum Gasteiger partial charge on any atom is 0.320 e. The van der Waals surface area contributed by atoms with Crippen LogP contribution in [0.1, 0.15) is 44.2 Å². The van der Waals surface area contributed by atoms with Crippen molar-refractivity contribution < 1.29 is 4.79 Å². The molecule has 2 aromatic heterocycles. The fourth-order valence-corrected chi connectivity index (χ4v) is 4.28. The third-order valence-corrected chi connectivity index (χ3v) is 5.49. The molecule has 0 spiro atoms. The first-order valence-corrected chi connectivity index (χ1v) is 9.51. The van der Waals surface area contributed by atoms with Crippen molar-refractivity contribution in [2.75, 3.05) is 11.9 Å². The quantitative estimate of drug-likeness (QED) is 0.784. The lowest BCUT2D eigenvalue weighted by atomic mass is 10.1. The molecule has 23 heavy (non-hydrogen) atoms. The number of nitrogens with one attached hydrogen (secondary N) is 2. The Balaban J connectivity index is 1.82. The maximum absolute atomic E-state index is 11.6. The van der Waals surface area contributed by atoms with E-state index in [1.807, 2.05) is 13.0 Å². The Morgan fingerprint density at radius 3 is 2.96 bits per heavy atom. The van der Waals surface area contributed by atoms with Gasteiger partial charge in [-0.15, -0.1) is 11.3 Å². The van der Waals surface area contributed by atoms with Gasteiger partial charge in [0.15, 0.2) is 0 Å². The second-order valence-electron chi connectivity index (χ2n) is 5.59. The Labute approximate surface area is 148 Å². The van der Waals surface area contributed by atoms with Gasteiger partial charge in [0.25, 0.3) is 0 Å². The SMILES string of the molecule is CCNC(=O)Nc1cc(-c2nc(C3CCCC3)cs2)c(Br)cn1. The first kappa shape index (κ1) is 16.4. The average Bonchev–Trinajstić information content (AvgIpc) is 3.20. The first-order valence-electron chi connectivity index (χ1n) is 7.83. The Kier molecular flexibility index (Phi) is 5.27. The summed E-state index contributed by atoms with van der Waals surface area (Å²) in [6.45, 7) is 2.45. The van der Waals surface area contributed by atoms with Gasteiger partial charge in [0, 0.05) is 34.1 Å². The number of urea groups is 1. The highest BCUT2D eigenvalue weighted by Gasteiger charge is 2.20. The third-order valence-electron chi connectivity index (χ3n) is 3.96. The van der Waals surface area contributed by atoms with Crippen LogP contribution in [0.25, 0.3) is 10.6 Å². The summed E-state index contributed by atoms with van der Waals surface area (Å²) in [5, 5.41) is 8.55. The van der Waals surface area contributed by atoms with Crippen molar-refractivity contribution in [3.63, 3.8) is 0 Å². The van der Waals surface area contributed by atoms with Crippen LogP contribution in [0.2, 0.25) is 0 Å². The fraction of sp³-hybridized carbons (Fsp3) is 0.438. The molecule has 7 heteroatoms. The molecule has 2 heterocycles. The van der Waals surface area contributed by atoms with Crippen LogP contribution in [-0.2, 0) is 0 Å². The van der Waals surface area contributed by atoms with Crippen molar-refractivity contribution in [3.05, 3.63) is 27.8 Å². The molecule has 1 saturated carbocycles. The van der Waals surface area contributed by atoms with E-state index in [0.717, 1.165) is 15.0 Å². The van der Waals surface area contributed by atoms with E-state index in [0.29, 0.717) is 18.3 Å². The number of pyridine rings is 1. The monoisotopic (exact) mass is 394 g/mol. The van der Waals surface area contributed by atoms with Crippen LogP contribution in [0.3, 0.4) is 0 Å². The summed E-state index contributed by atoms with van der Waals surface area (Å²) in [5.41, 5.74) is 2.16. The van der Waals surface area contributed by atoms with E-state index >= 15 is 0 Å². The normalized spacial score (nSPS) is 14.9. The second-order valence-corrected chi connectivity index (χ2v) is 7.31. The summed E-state index contributed by atoms with van der Waals surface area (Å²) in [6.07, 6.45) is 6.79. The van der Waals surface area contributed by atoms with Gasteiger partial charge in [-0.2, -0.15) is 0 Å². The minimum atomic E-state index is -0.251. The van der Waals surface area contributed by atoms with Crippen LogP contribution in [0.5, 0.6) is 0 Å². The number of carbonyl (C=O) groups is 1. The summed E-state index contributed by atoms with van der Waals surface area (Å²) in [5.74, 6) is 1.13. The molecule has 3 rings (SSSR count). The minimum absolute atomic E-state index is 0.251. The highest BCUT2D eigenvalue weighted by molar-refractivity contribution is 9.10. The Morgan fingerprint density at radius 2 is 2.22 bits per heavy atom. The lowest BCUT2D eigenvalue weighted by molar-refractivity contribution is 0.252. The van der Waals surface area contributed by atoms with Crippen molar-refractivity contribution in [2.45, 2.75) is 38.5 Å². The van der Waals surface area contributed by atoms with E-state index in [1.54, 1.807) is 17.5 Å². The molecule has 0 bridgehead atoms. The van der Waals surface area contributed by atoms with Gasteiger partial charge in [0.05, 0.1) is 5.69 Å². The third kappa shape index (κ3) is 3.90. The van der Waals surface area contributed by atoms with Gasteiger partial charge < -0.3 is 5.32 Å². The molecule has 5 nitrogen and oxygen atoms in total. The zero-order valence-electron chi connectivity index (χ0n) is 12.9. The van der Waals surface area contributed by atoms with Gasteiger partial charge >= 0.3 is 6.03 Å². The summed E-state index contributed by atoms with van der Waals surface area (Å²) < 4.78 is 0.881. The van der Waals surface area contributed by atoms with Crippen LogP contribution in [0, 0.1) is 0 Å². The molecule has 1 fully saturated rings. The topological polar surface area (TPSA) is 66.9 Å². The zero-order valence-corrected chi connectivity index (χ0v) is 15.3. The standard InChI is InChI=1S/C16H19BrN4OS/c1-2-18-16(22)21-14-7-11(12(17)8-19-14)15-20-13(9-23-15)10-5-3-4-6-10/h7-10H,2-6H2,1H3,(H2,18,19,21,22). The highest BCUT2D eigenvalue weighted by atomic mass is 79.9. The van der Waals surface area contributed by atoms with Crippen molar-refractivity contribution >= 4 is 39.1 Å². The Hall–Kier alpha value is -1.47. The summed E-state index contributed by atoms with van der Waals surface area (Å²) in [6, 6.07) is 1.61. The molecule has 2 aromatic rings. The molecule has 122 valence electrons. The molecular weight excluding hydrogens is 376 g/mol. The number of rotatable bonds is 4. The average molecular weight is 395 g/mol. The number of amides is 2. The molecule has 2 N–H and O–H groups in total. The number of anilines is 1. The Bertz CT molecular complexity index is 697. The molecule has 0 aromatic carbocycles. The maximum atomic E-state index is 11.6. The van der Waals surface area contributed by atoms with E-state index < -0.39 is 0 Å². The Morgan fingerprint density at radius 1 is 1.43 bits per heavy atom. The molecule has 2 amide bonds. The van der Waals surface area contributed by atoms with Crippen LogP contribution in [-0.4, -0.2) is 22.5 Å². The number of nitrogens with zero attached hydrogens (tertiary/aromatic N) is 2. The zero-order chi connectivity index (χ0) is 16.2. The number of aromatic nitrogens is 2. The van der Waals surface area contributed by atoms with E-state index in [-0.39, 0.29) is 6.03 Å². The van der Waals surface area contributed by atoms with E-state index in [4.69, 9.17) is 4.98 Å². The van der Waals surface area contributed by atoms with Gasteiger partial charge in [-0.05, 0) is 41.8 Å². The number of hydrogen-bond donors (Lipinski definition) is 2. The molecule has 1 aliphatic rings.